The first-order valence-electron chi connectivity index (χ1n) is 5.88. The van der Waals surface area contributed by atoms with Gasteiger partial charge in [-0.2, -0.15) is 0 Å². The highest BCUT2D eigenvalue weighted by atomic mass is 35.5. The molecular weight excluding hydrogens is 206 g/mol. The summed E-state index contributed by atoms with van der Waals surface area (Å²) in [5.41, 5.74) is 2.65. The van der Waals surface area contributed by atoms with Crippen LogP contribution >= 0.6 is 11.6 Å². The largest absolute Gasteiger partial charge is 0.384 e. The summed E-state index contributed by atoms with van der Waals surface area (Å²) in [4.78, 5) is 0. The molecule has 1 saturated carbocycles. The van der Waals surface area contributed by atoms with Crippen LogP contribution in [0.25, 0.3) is 0 Å². The molecule has 1 atom stereocenters. The van der Waals surface area contributed by atoms with Gasteiger partial charge in [0.05, 0.1) is 10.7 Å². The van der Waals surface area contributed by atoms with Crippen LogP contribution in [-0.4, -0.2) is 6.54 Å². The second-order valence-corrected chi connectivity index (χ2v) is 5.12. The molecule has 1 aromatic rings. The molecule has 1 fully saturated rings. The van der Waals surface area contributed by atoms with Gasteiger partial charge in [0.25, 0.3) is 0 Å². The van der Waals surface area contributed by atoms with Gasteiger partial charge in [0, 0.05) is 6.54 Å². The number of fused-ring (bicyclic) bond motifs is 1. The fraction of sp³-hybridized carbons (Fsp3) is 0.538. The van der Waals surface area contributed by atoms with Crippen molar-refractivity contribution in [1.29, 1.82) is 0 Å². The Hall–Kier alpha value is -0.690. The minimum absolute atomic E-state index is 0.758. The second-order valence-electron chi connectivity index (χ2n) is 4.72. The Balaban J connectivity index is 1.98. The van der Waals surface area contributed by atoms with Gasteiger partial charge in [-0.1, -0.05) is 30.2 Å². The molecule has 3 rings (SSSR count). The summed E-state index contributed by atoms with van der Waals surface area (Å²) in [5, 5.41) is 4.32. The Kier molecular flexibility index (Phi) is 2.36. The summed E-state index contributed by atoms with van der Waals surface area (Å²) < 4.78 is 0. The topological polar surface area (TPSA) is 12.0 Å². The van der Waals surface area contributed by atoms with Crippen molar-refractivity contribution in [3.8, 4) is 0 Å². The minimum Gasteiger partial charge on any atom is -0.384 e. The van der Waals surface area contributed by atoms with Crippen molar-refractivity contribution in [3.05, 3.63) is 28.8 Å². The molecule has 0 bridgehead atoms. The summed E-state index contributed by atoms with van der Waals surface area (Å²) in [6.07, 6.45) is 5.52. The van der Waals surface area contributed by atoms with Gasteiger partial charge in [-0.15, -0.1) is 0 Å². The van der Waals surface area contributed by atoms with E-state index in [2.05, 4.69) is 17.4 Å². The van der Waals surface area contributed by atoms with Crippen molar-refractivity contribution < 1.29 is 0 Å². The van der Waals surface area contributed by atoms with Crippen LogP contribution in [0.5, 0.6) is 0 Å². The Morgan fingerprint density at radius 3 is 2.80 bits per heavy atom. The average molecular weight is 222 g/mol. The smallest absolute Gasteiger partial charge is 0.0640 e. The van der Waals surface area contributed by atoms with Crippen molar-refractivity contribution in [2.45, 2.75) is 31.6 Å². The number of hydrogen-bond acceptors (Lipinski definition) is 1. The zero-order chi connectivity index (χ0) is 10.3. The highest BCUT2D eigenvalue weighted by Crippen LogP contribution is 2.46. The molecule has 80 valence electrons. The number of halogens is 1. The van der Waals surface area contributed by atoms with Crippen LogP contribution in [0, 0.1) is 5.92 Å². The Bertz CT molecular complexity index is 371. The number of para-hydroxylation sites is 1. The molecule has 0 spiro atoms. The van der Waals surface area contributed by atoms with E-state index in [1.807, 2.05) is 6.07 Å². The maximum atomic E-state index is 6.21. The highest BCUT2D eigenvalue weighted by Gasteiger charge is 2.32. The van der Waals surface area contributed by atoms with E-state index in [-0.39, 0.29) is 0 Å². The summed E-state index contributed by atoms with van der Waals surface area (Å²) in [7, 11) is 0. The van der Waals surface area contributed by atoms with E-state index in [9.17, 15) is 0 Å². The van der Waals surface area contributed by atoms with Gasteiger partial charge in [-0.25, -0.2) is 0 Å². The molecule has 15 heavy (non-hydrogen) atoms. The van der Waals surface area contributed by atoms with Crippen molar-refractivity contribution in [2.24, 2.45) is 5.92 Å². The second kappa shape index (κ2) is 3.71. The lowest BCUT2D eigenvalue weighted by Crippen LogP contribution is -2.26. The maximum Gasteiger partial charge on any atom is 0.0640 e. The number of hydrogen-bond donors (Lipinski definition) is 1. The van der Waals surface area contributed by atoms with E-state index in [4.69, 9.17) is 11.6 Å². The van der Waals surface area contributed by atoms with Crippen LogP contribution in [0.1, 0.15) is 37.2 Å². The lowest BCUT2D eigenvalue weighted by Gasteiger charge is -2.38. The van der Waals surface area contributed by atoms with E-state index in [0.717, 1.165) is 23.4 Å². The predicted octanol–water partition coefficient (Wildman–Crippen LogP) is 4.04. The summed E-state index contributed by atoms with van der Waals surface area (Å²) in [6, 6.07) is 6.31. The first kappa shape index (κ1) is 9.53. The quantitative estimate of drug-likeness (QED) is 0.755. The summed E-state index contributed by atoms with van der Waals surface area (Å²) in [5.74, 6) is 1.68. The molecule has 1 aromatic carbocycles. The fourth-order valence-corrected chi connectivity index (χ4v) is 3.12. The highest BCUT2D eigenvalue weighted by molar-refractivity contribution is 6.33. The van der Waals surface area contributed by atoms with Gasteiger partial charge in [0.1, 0.15) is 0 Å². The van der Waals surface area contributed by atoms with E-state index >= 15 is 0 Å². The van der Waals surface area contributed by atoms with Gasteiger partial charge >= 0.3 is 0 Å². The Morgan fingerprint density at radius 1 is 1.20 bits per heavy atom. The molecule has 1 aliphatic heterocycles. The summed E-state index contributed by atoms with van der Waals surface area (Å²) in [6.45, 7) is 1.08. The molecule has 2 heteroatoms. The lowest BCUT2D eigenvalue weighted by molar-refractivity contribution is 0.252. The van der Waals surface area contributed by atoms with Gasteiger partial charge in [-0.05, 0) is 42.7 Å². The minimum atomic E-state index is 0.758. The van der Waals surface area contributed by atoms with Gasteiger partial charge in [0.2, 0.25) is 0 Å². The third kappa shape index (κ3) is 1.53. The SMILES string of the molecule is Clc1cccc2c1NCCC2C1CCC1. The third-order valence-corrected chi connectivity index (χ3v) is 4.24. The Labute approximate surface area is 95.8 Å². The number of benzene rings is 1. The van der Waals surface area contributed by atoms with Crippen LogP contribution in [0.15, 0.2) is 18.2 Å². The van der Waals surface area contributed by atoms with Crippen LogP contribution in [0.2, 0.25) is 5.02 Å². The molecular formula is C13H16ClN. The monoisotopic (exact) mass is 221 g/mol. The zero-order valence-electron chi connectivity index (χ0n) is 8.80. The van der Waals surface area contributed by atoms with Gasteiger partial charge in [-0.3, -0.25) is 0 Å². The fourth-order valence-electron chi connectivity index (χ4n) is 2.88. The van der Waals surface area contributed by atoms with Crippen molar-refractivity contribution >= 4 is 17.3 Å². The molecule has 0 aromatic heterocycles. The molecule has 1 heterocycles. The molecule has 1 unspecified atom stereocenters. The van der Waals surface area contributed by atoms with E-state index in [1.54, 1.807) is 0 Å². The number of nitrogens with one attached hydrogen (secondary N) is 1. The van der Waals surface area contributed by atoms with Crippen molar-refractivity contribution in [2.75, 3.05) is 11.9 Å². The Morgan fingerprint density at radius 2 is 2.07 bits per heavy atom. The van der Waals surface area contributed by atoms with Crippen LogP contribution in [-0.2, 0) is 0 Å². The third-order valence-electron chi connectivity index (χ3n) is 3.92. The van der Waals surface area contributed by atoms with Crippen LogP contribution < -0.4 is 5.32 Å². The van der Waals surface area contributed by atoms with E-state index in [0.29, 0.717) is 0 Å². The molecule has 1 N–H and O–H groups in total. The number of anilines is 1. The number of rotatable bonds is 1. The first-order valence-corrected chi connectivity index (χ1v) is 6.26. The molecule has 1 aliphatic carbocycles. The molecule has 0 amide bonds. The first-order chi connectivity index (χ1) is 7.36. The summed E-state index contributed by atoms with van der Waals surface area (Å²) >= 11 is 6.21. The van der Waals surface area contributed by atoms with Crippen LogP contribution in [0.3, 0.4) is 0 Å². The maximum absolute atomic E-state index is 6.21. The van der Waals surface area contributed by atoms with Crippen molar-refractivity contribution in [1.82, 2.24) is 0 Å². The standard InChI is InChI=1S/C13H16ClN/c14-12-6-2-5-11-10(9-3-1-4-9)7-8-15-13(11)12/h2,5-6,9-10,15H,1,3-4,7-8H2. The lowest BCUT2D eigenvalue weighted by atomic mass is 9.70. The molecule has 0 radical (unpaired) electrons. The molecule has 1 nitrogen and oxygen atoms in total. The molecule has 2 aliphatic rings. The van der Waals surface area contributed by atoms with Gasteiger partial charge < -0.3 is 5.32 Å². The zero-order valence-corrected chi connectivity index (χ0v) is 9.56. The van der Waals surface area contributed by atoms with E-state index < -0.39 is 0 Å². The van der Waals surface area contributed by atoms with Crippen molar-refractivity contribution in [3.63, 3.8) is 0 Å². The van der Waals surface area contributed by atoms with Gasteiger partial charge in [0.15, 0.2) is 0 Å². The normalized spacial score (nSPS) is 25.3. The molecule has 0 saturated heterocycles. The van der Waals surface area contributed by atoms with Crippen LogP contribution in [0.4, 0.5) is 5.69 Å². The predicted molar refractivity (Wildman–Crippen MR) is 64.6 cm³/mol. The van der Waals surface area contributed by atoms with E-state index in [1.165, 1.54) is 36.9 Å². The average Bonchev–Trinajstić information content (AvgIpc) is 2.17.